The van der Waals surface area contributed by atoms with Crippen molar-refractivity contribution in [3.63, 3.8) is 0 Å². The number of carbonyl (C=O) groups excluding carboxylic acids is 2. The van der Waals surface area contributed by atoms with Crippen LogP contribution in [-0.4, -0.2) is 47.9 Å². The van der Waals surface area contributed by atoms with Crippen LogP contribution < -0.4 is 10.2 Å². The fourth-order valence-electron chi connectivity index (χ4n) is 9.60. The van der Waals surface area contributed by atoms with E-state index in [0.29, 0.717) is 29.5 Å². The molecule has 9 rings (SSSR count). The Bertz CT molecular complexity index is 938. The molecule has 2 heterocycles. The number of piperazine rings is 1. The SMILES string of the molecule is O=C(Nc1ccc(N2CCN(C(=O)C3CC3)CC2)cn1)C1C2C3CC4C5CC(C42)C1C53. The second-order valence-corrected chi connectivity index (χ2v) is 11.4. The van der Waals surface area contributed by atoms with Gasteiger partial charge in [0.25, 0.3) is 0 Å². The molecule has 1 N–H and O–H groups in total. The van der Waals surface area contributed by atoms with E-state index in [4.69, 9.17) is 0 Å². The highest BCUT2D eigenvalue weighted by Crippen LogP contribution is 2.84. The van der Waals surface area contributed by atoms with Crippen LogP contribution >= 0.6 is 0 Å². The van der Waals surface area contributed by atoms with Crippen LogP contribution in [-0.2, 0) is 9.59 Å². The molecule has 8 atom stereocenters. The summed E-state index contributed by atoms with van der Waals surface area (Å²) in [4.78, 5) is 34.4. The third-order valence-corrected chi connectivity index (χ3v) is 10.5. The molecule has 162 valence electrons. The van der Waals surface area contributed by atoms with Gasteiger partial charge in [-0.3, -0.25) is 9.59 Å². The lowest BCUT2D eigenvalue weighted by Gasteiger charge is -2.36. The second-order valence-electron chi connectivity index (χ2n) is 11.4. The zero-order valence-corrected chi connectivity index (χ0v) is 17.8. The average Bonchev–Trinajstić information content (AvgIpc) is 3.02. The summed E-state index contributed by atoms with van der Waals surface area (Å²) in [7, 11) is 0. The maximum absolute atomic E-state index is 13.3. The molecule has 1 aromatic heterocycles. The maximum Gasteiger partial charge on any atom is 0.229 e. The van der Waals surface area contributed by atoms with Crippen molar-refractivity contribution < 1.29 is 9.59 Å². The van der Waals surface area contributed by atoms with Gasteiger partial charge >= 0.3 is 0 Å². The Morgan fingerprint density at radius 3 is 2.13 bits per heavy atom. The first-order valence-corrected chi connectivity index (χ1v) is 12.5. The Morgan fingerprint density at radius 1 is 0.871 bits per heavy atom. The molecule has 1 saturated heterocycles. The number of nitrogens with zero attached hydrogens (tertiary/aromatic N) is 3. The van der Waals surface area contributed by atoms with Crippen molar-refractivity contribution in [1.82, 2.24) is 9.88 Å². The molecule has 1 aromatic rings. The molecule has 6 heteroatoms. The minimum Gasteiger partial charge on any atom is -0.367 e. The number of amides is 2. The van der Waals surface area contributed by atoms with Crippen LogP contribution in [0, 0.1) is 59.2 Å². The molecule has 6 bridgehead atoms. The molecule has 1 aliphatic heterocycles. The summed E-state index contributed by atoms with van der Waals surface area (Å²) in [6.45, 7) is 3.30. The highest BCUT2D eigenvalue weighted by Gasteiger charge is 2.81. The van der Waals surface area contributed by atoms with E-state index < -0.39 is 0 Å². The lowest BCUT2D eigenvalue weighted by Crippen LogP contribution is -2.49. The van der Waals surface area contributed by atoms with Crippen LogP contribution in [0.2, 0.25) is 0 Å². The third-order valence-electron chi connectivity index (χ3n) is 10.5. The van der Waals surface area contributed by atoms with E-state index in [1.54, 1.807) is 0 Å². The largest absolute Gasteiger partial charge is 0.367 e. The number of hydrogen-bond acceptors (Lipinski definition) is 4. The van der Waals surface area contributed by atoms with Gasteiger partial charge in [-0.25, -0.2) is 4.98 Å². The summed E-state index contributed by atoms with van der Waals surface area (Å²) >= 11 is 0. The van der Waals surface area contributed by atoms with Gasteiger partial charge in [0.15, 0.2) is 0 Å². The van der Waals surface area contributed by atoms with E-state index in [0.717, 1.165) is 80.2 Å². The first-order valence-electron chi connectivity index (χ1n) is 12.5. The maximum atomic E-state index is 13.3. The fraction of sp³-hybridized carbons (Fsp3) is 0.720. The minimum absolute atomic E-state index is 0.241. The standard InChI is InChI=1S/C25H30N4O2/c30-24(23-21-16-9-14-15-10-17(19(14)21)22(23)20(15)16)27-18-4-3-13(11-26-18)28-5-7-29(8-6-28)25(31)12-1-2-12/h3-4,11-12,14-17,19-23H,1-2,5-10H2,(H,26,27,30). The van der Waals surface area contributed by atoms with Crippen molar-refractivity contribution in [2.75, 3.05) is 36.4 Å². The van der Waals surface area contributed by atoms with Gasteiger partial charge in [0.2, 0.25) is 11.8 Å². The summed E-state index contributed by atoms with van der Waals surface area (Å²) in [6.07, 6.45) is 6.88. The molecule has 0 spiro atoms. The number of hydrogen-bond donors (Lipinski definition) is 1. The number of aromatic nitrogens is 1. The van der Waals surface area contributed by atoms with Crippen LogP contribution in [0.25, 0.3) is 0 Å². The van der Waals surface area contributed by atoms with Crippen molar-refractivity contribution in [3.05, 3.63) is 18.3 Å². The van der Waals surface area contributed by atoms with Crippen molar-refractivity contribution in [2.45, 2.75) is 25.7 Å². The summed E-state index contributed by atoms with van der Waals surface area (Å²) in [5, 5.41) is 3.18. The molecule has 0 radical (unpaired) electrons. The van der Waals surface area contributed by atoms with Gasteiger partial charge in [-0.05, 0) is 85.2 Å². The van der Waals surface area contributed by atoms with Gasteiger partial charge in [0.05, 0.1) is 11.9 Å². The Hall–Kier alpha value is -2.11. The van der Waals surface area contributed by atoms with Crippen molar-refractivity contribution in [2.24, 2.45) is 59.2 Å². The molecular weight excluding hydrogens is 388 g/mol. The minimum atomic E-state index is 0.241. The molecule has 31 heavy (non-hydrogen) atoms. The van der Waals surface area contributed by atoms with E-state index >= 15 is 0 Å². The summed E-state index contributed by atoms with van der Waals surface area (Å²) < 4.78 is 0. The molecule has 8 fully saturated rings. The molecule has 7 aliphatic carbocycles. The molecule has 7 saturated carbocycles. The van der Waals surface area contributed by atoms with Crippen LogP contribution in [0.3, 0.4) is 0 Å². The normalized spacial score (nSPS) is 45.4. The van der Waals surface area contributed by atoms with E-state index in [1.165, 1.54) is 12.8 Å². The van der Waals surface area contributed by atoms with Crippen LogP contribution in [0.4, 0.5) is 11.5 Å². The highest BCUT2D eigenvalue weighted by atomic mass is 16.2. The summed E-state index contributed by atoms with van der Waals surface area (Å²) in [5.41, 5.74) is 1.08. The van der Waals surface area contributed by atoms with Gasteiger partial charge in [-0.1, -0.05) is 0 Å². The molecule has 6 nitrogen and oxygen atoms in total. The van der Waals surface area contributed by atoms with Gasteiger partial charge in [0, 0.05) is 38.0 Å². The lowest BCUT2D eigenvalue weighted by molar-refractivity contribution is -0.132. The molecule has 8 unspecified atom stereocenters. The van der Waals surface area contributed by atoms with Crippen molar-refractivity contribution in [3.8, 4) is 0 Å². The number of carbonyl (C=O) groups is 2. The van der Waals surface area contributed by atoms with E-state index in [-0.39, 0.29) is 11.8 Å². The monoisotopic (exact) mass is 418 g/mol. The fourth-order valence-corrected chi connectivity index (χ4v) is 9.60. The van der Waals surface area contributed by atoms with Crippen molar-refractivity contribution in [1.29, 1.82) is 0 Å². The van der Waals surface area contributed by atoms with E-state index in [1.807, 2.05) is 17.2 Å². The Balaban J connectivity index is 0.928. The van der Waals surface area contributed by atoms with Gasteiger partial charge < -0.3 is 15.1 Å². The summed E-state index contributed by atoms with van der Waals surface area (Å²) in [6, 6.07) is 4.03. The number of anilines is 2. The predicted molar refractivity (Wildman–Crippen MR) is 115 cm³/mol. The molecule has 2 amide bonds. The van der Waals surface area contributed by atoms with E-state index in [9.17, 15) is 9.59 Å². The smallest absolute Gasteiger partial charge is 0.229 e. The topological polar surface area (TPSA) is 65.5 Å². The Labute approximate surface area is 182 Å². The number of rotatable bonds is 4. The number of nitrogens with one attached hydrogen (secondary N) is 1. The van der Waals surface area contributed by atoms with Crippen LogP contribution in [0.15, 0.2) is 18.3 Å². The Kier molecular flexibility index (Phi) is 3.27. The van der Waals surface area contributed by atoms with Crippen molar-refractivity contribution >= 4 is 23.3 Å². The zero-order chi connectivity index (χ0) is 20.4. The average molecular weight is 419 g/mol. The zero-order valence-electron chi connectivity index (χ0n) is 17.8. The number of pyridine rings is 1. The lowest BCUT2D eigenvalue weighted by atomic mass is 9.71. The summed E-state index contributed by atoms with van der Waals surface area (Å²) in [5.74, 6) is 8.60. The van der Waals surface area contributed by atoms with Crippen LogP contribution in [0.1, 0.15) is 25.7 Å². The molecular formula is C25H30N4O2. The van der Waals surface area contributed by atoms with Gasteiger partial charge in [-0.2, -0.15) is 0 Å². The second kappa shape index (κ2) is 5.81. The van der Waals surface area contributed by atoms with E-state index in [2.05, 4.69) is 21.3 Å². The Morgan fingerprint density at radius 2 is 1.55 bits per heavy atom. The van der Waals surface area contributed by atoms with Gasteiger partial charge in [-0.15, -0.1) is 0 Å². The first-order chi connectivity index (χ1) is 15.2. The third kappa shape index (κ3) is 2.17. The van der Waals surface area contributed by atoms with Crippen LogP contribution in [0.5, 0.6) is 0 Å². The quantitative estimate of drug-likeness (QED) is 0.816. The predicted octanol–water partition coefficient (Wildman–Crippen LogP) is 2.47. The molecule has 8 aliphatic rings. The first kappa shape index (κ1) is 17.4. The van der Waals surface area contributed by atoms with Gasteiger partial charge in [0.1, 0.15) is 5.82 Å². The molecule has 0 aromatic carbocycles. The highest BCUT2D eigenvalue weighted by molar-refractivity contribution is 5.93.